The molecule has 0 aliphatic carbocycles. The molecular weight excluding hydrogens is 220 g/mol. The molecule has 0 radical (unpaired) electrons. The summed E-state index contributed by atoms with van der Waals surface area (Å²) in [6.45, 7) is 3.75. The van der Waals surface area contributed by atoms with Gasteiger partial charge < -0.3 is 14.2 Å². The van der Waals surface area contributed by atoms with Crippen LogP contribution in [0.5, 0.6) is 0 Å². The molecular formula is C13H16O4. The Morgan fingerprint density at radius 1 is 1.29 bits per heavy atom. The second kappa shape index (κ2) is 4.85. The van der Waals surface area contributed by atoms with E-state index in [1.807, 2.05) is 31.2 Å². The van der Waals surface area contributed by atoms with Crippen molar-refractivity contribution in [3.63, 3.8) is 0 Å². The molecule has 1 aromatic rings. The van der Waals surface area contributed by atoms with Crippen molar-refractivity contribution in [1.82, 2.24) is 0 Å². The lowest BCUT2D eigenvalue weighted by Crippen LogP contribution is -2.27. The van der Waals surface area contributed by atoms with Crippen LogP contribution >= 0.6 is 0 Å². The Labute approximate surface area is 100 Å². The monoisotopic (exact) mass is 236 g/mol. The van der Waals surface area contributed by atoms with E-state index in [1.165, 1.54) is 7.11 Å². The van der Waals surface area contributed by atoms with Gasteiger partial charge in [0.2, 0.25) is 0 Å². The first-order valence-electron chi connectivity index (χ1n) is 5.57. The van der Waals surface area contributed by atoms with Gasteiger partial charge in [-0.25, -0.2) is 4.79 Å². The highest BCUT2D eigenvalue weighted by molar-refractivity contribution is 5.76. The molecule has 0 aromatic heterocycles. The molecule has 0 spiro atoms. The molecule has 2 rings (SSSR count). The average Bonchev–Trinajstić information content (AvgIpc) is 2.71. The van der Waals surface area contributed by atoms with Gasteiger partial charge in [-0.3, -0.25) is 0 Å². The van der Waals surface area contributed by atoms with Gasteiger partial charge >= 0.3 is 5.97 Å². The fourth-order valence-corrected chi connectivity index (χ4v) is 2.03. The number of hydrogen-bond acceptors (Lipinski definition) is 4. The molecule has 17 heavy (non-hydrogen) atoms. The Morgan fingerprint density at radius 2 is 2.00 bits per heavy atom. The Balaban J connectivity index is 2.30. The molecule has 1 heterocycles. The van der Waals surface area contributed by atoms with E-state index in [2.05, 4.69) is 0 Å². The minimum atomic E-state index is -0.684. The second-order valence-electron chi connectivity index (χ2n) is 4.06. The Bertz CT molecular complexity index is 416. The fraction of sp³-hybridized carbons (Fsp3) is 0.462. The van der Waals surface area contributed by atoms with Gasteiger partial charge in [-0.2, -0.15) is 0 Å². The summed E-state index contributed by atoms with van der Waals surface area (Å²) in [5.74, 6) is -0.400. The van der Waals surface area contributed by atoms with E-state index >= 15 is 0 Å². The molecule has 1 aliphatic rings. The number of ether oxygens (including phenoxy) is 3. The smallest absolute Gasteiger partial charge is 0.338 e. The van der Waals surface area contributed by atoms with Crippen LogP contribution in [0.3, 0.4) is 0 Å². The van der Waals surface area contributed by atoms with E-state index in [4.69, 9.17) is 14.2 Å². The van der Waals surface area contributed by atoms with Gasteiger partial charge in [0, 0.05) is 0 Å². The number of aryl methyl sites for hydroxylation is 1. The largest absolute Gasteiger partial charge is 0.467 e. The molecule has 0 N–H and O–H groups in total. The molecule has 4 nitrogen and oxygen atoms in total. The third-order valence-electron chi connectivity index (χ3n) is 2.88. The van der Waals surface area contributed by atoms with Gasteiger partial charge in [0.05, 0.1) is 7.11 Å². The maximum absolute atomic E-state index is 11.6. The van der Waals surface area contributed by atoms with Crippen LogP contribution in [-0.4, -0.2) is 25.5 Å². The average molecular weight is 236 g/mol. The molecule has 0 saturated carbocycles. The van der Waals surface area contributed by atoms with Crippen LogP contribution in [0, 0.1) is 6.92 Å². The van der Waals surface area contributed by atoms with Crippen molar-refractivity contribution in [2.24, 2.45) is 0 Å². The quantitative estimate of drug-likeness (QED) is 0.736. The molecule has 1 aromatic carbocycles. The van der Waals surface area contributed by atoms with E-state index in [-0.39, 0.29) is 0 Å². The van der Waals surface area contributed by atoms with Gasteiger partial charge in [-0.1, -0.05) is 24.3 Å². The molecule has 1 saturated heterocycles. The van der Waals surface area contributed by atoms with Crippen LogP contribution in [0.4, 0.5) is 0 Å². The highest BCUT2D eigenvalue weighted by Gasteiger charge is 2.41. The molecule has 0 bridgehead atoms. The highest BCUT2D eigenvalue weighted by atomic mass is 16.7. The van der Waals surface area contributed by atoms with Crippen LogP contribution in [-0.2, 0) is 19.0 Å². The Kier molecular flexibility index (Phi) is 3.45. The van der Waals surface area contributed by atoms with Crippen LogP contribution in [0.15, 0.2) is 24.3 Å². The summed E-state index contributed by atoms with van der Waals surface area (Å²) in [6, 6.07) is 7.79. The van der Waals surface area contributed by atoms with Crippen molar-refractivity contribution in [3.8, 4) is 0 Å². The lowest BCUT2D eigenvalue weighted by Gasteiger charge is -2.16. The lowest BCUT2D eigenvalue weighted by molar-refractivity contribution is -0.153. The molecule has 92 valence electrons. The maximum atomic E-state index is 11.6. The predicted molar refractivity (Wildman–Crippen MR) is 61.4 cm³/mol. The minimum absolute atomic E-state index is 0.390. The van der Waals surface area contributed by atoms with Crippen molar-refractivity contribution in [3.05, 3.63) is 35.4 Å². The number of rotatable bonds is 2. The van der Waals surface area contributed by atoms with Crippen molar-refractivity contribution in [1.29, 1.82) is 0 Å². The van der Waals surface area contributed by atoms with Crippen molar-refractivity contribution in [2.75, 3.05) is 7.11 Å². The van der Waals surface area contributed by atoms with Gasteiger partial charge in [-0.05, 0) is 25.0 Å². The van der Waals surface area contributed by atoms with Crippen molar-refractivity contribution in [2.45, 2.75) is 32.3 Å². The summed E-state index contributed by atoms with van der Waals surface area (Å²) >= 11 is 0. The molecule has 3 atom stereocenters. The zero-order valence-corrected chi connectivity index (χ0v) is 10.2. The summed E-state index contributed by atoms with van der Waals surface area (Å²) < 4.78 is 15.8. The zero-order chi connectivity index (χ0) is 12.4. The topological polar surface area (TPSA) is 44.8 Å². The number of carbonyl (C=O) groups is 1. The van der Waals surface area contributed by atoms with Crippen LogP contribution in [0.2, 0.25) is 0 Å². The Morgan fingerprint density at radius 3 is 2.65 bits per heavy atom. The van der Waals surface area contributed by atoms with Crippen LogP contribution in [0.1, 0.15) is 24.2 Å². The first kappa shape index (κ1) is 12.1. The maximum Gasteiger partial charge on any atom is 0.338 e. The Hall–Kier alpha value is -1.39. The van der Waals surface area contributed by atoms with Crippen molar-refractivity contribution >= 4 is 5.97 Å². The summed E-state index contributed by atoms with van der Waals surface area (Å²) in [4.78, 5) is 11.6. The normalized spacial score (nSPS) is 28.1. The summed E-state index contributed by atoms with van der Waals surface area (Å²) in [6.07, 6.45) is -1.47. The fourth-order valence-electron chi connectivity index (χ4n) is 2.03. The van der Waals surface area contributed by atoms with Gasteiger partial charge in [-0.15, -0.1) is 0 Å². The van der Waals surface area contributed by atoms with Gasteiger partial charge in [0.25, 0.3) is 0 Å². The number of carbonyl (C=O) groups excluding carboxylic acids is 1. The molecule has 1 fully saturated rings. The van der Waals surface area contributed by atoms with E-state index in [0.29, 0.717) is 0 Å². The zero-order valence-electron chi connectivity index (χ0n) is 10.2. The molecule has 0 amide bonds. The van der Waals surface area contributed by atoms with E-state index in [9.17, 15) is 4.79 Å². The number of methoxy groups -OCH3 is 1. The SMILES string of the molecule is COC(=O)[C@@H]1O[C@H](C)O[C@@H]1c1ccccc1C. The molecule has 4 heteroatoms. The second-order valence-corrected chi connectivity index (χ2v) is 4.06. The van der Waals surface area contributed by atoms with Crippen LogP contribution < -0.4 is 0 Å². The third kappa shape index (κ3) is 2.33. The van der Waals surface area contributed by atoms with Crippen LogP contribution in [0.25, 0.3) is 0 Å². The van der Waals surface area contributed by atoms with E-state index < -0.39 is 24.5 Å². The first-order chi connectivity index (χ1) is 8.13. The summed E-state index contributed by atoms with van der Waals surface area (Å²) in [7, 11) is 1.35. The lowest BCUT2D eigenvalue weighted by atomic mass is 10.00. The molecule has 1 aliphatic heterocycles. The first-order valence-corrected chi connectivity index (χ1v) is 5.57. The third-order valence-corrected chi connectivity index (χ3v) is 2.88. The van der Waals surface area contributed by atoms with Gasteiger partial charge in [0.1, 0.15) is 6.10 Å². The highest BCUT2D eigenvalue weighted by Crippen LogP contribution is 2.34. The summed E-state index contributed by atoms with van der Waals surface area (Å²) in [5.41, 5.74) is 2.04. The van der Waals surface area contributed by atoms with Crippen molar-refractivity contribution < 1.29 is 19.0 Å². The predicted octanol–water partition coefficient (Wildman–Crippen LogP) is 1.97. The van der Waals surface area contributed by atoms with E-state index in [0.717, 1.165) is 11.1 Å². The van der Waals surface area contributed by atoms with Gasteiger partial charge in [0.15, 0.2) is 12.4 Å². The standard InChI is InChI=1S/C13H16O4/c1-8-6-4-5-7-10(8)11-12(13(14)15-3)17-9(2)16-11/h4-7,9,11-12H,1-3H3/t9-,11-,12-/m1/s1. The number of hydrogen-bond donors (Lipinski definition) is 0. The summed E-state index contributed by atoms with van der Waals surface area (Å²) in [5, 5.41) is 0. The molecule has 0 unspecified atom stereocenters. The number of benzene rings is 1. The van der Waals surface area contributed by atoms with E-state index in [1.54, 1.807) is 6.92 Å². The number of esters is 1. The minimum Gasteiger partial charge on any atom is -0.467 e.